The Hall–Kier alpha value is -2.77. The van der Waals surface area contributed by atoms with Crippen molar-refractivity contribution in [1.82, 2.24) is 5.16 Å². The van der Waals surface area contributed by atoms with Gasteiger partial charge in [-0.15, -0.1) is 0 Å². The Morgan fingerprint density at radius 3 is 2.55 bits per heavy atom. The summed E-state index contributed by atoms with van der Waals surface area (Å²) in [6.45, 7) is 0. The quantitative estimate of drug-likeness (QED) is 0.790. The molecule has 0 saturated heterocycles. The number of methoxy groups -OCH3 is 2. The number of furan rings is 1. The van der Waals surface area contributed by atoms with Gasteiger partial charge in [0.25, 0.3) is 6.43 Å². The maximum atomic E-state index is 12.7. The number of ether oxygens (including phenoxy) is 2. The number of hydrogen-bond acceptors (Lipinski definition) is 6. The van der Waals surface area contributed by atoms with E-state index in [1.54, 1.807) is 6.07 Å². The van der Waals surface area contributed by atoms with Gasteiger partial charge in [0.1, 0.15) is 11.4 Å². The van der Waals surface area contributed by atoms with E-state index in [2.05, 4.69) is 9.68 Å². The molecule has 0 unspecified atom stereocenters. The Labute approximate surface area is 122 Å². The van der Waals surface area contributed by atoms with Crippen molar-refractivity contribution in [2.45, 2.75) is 6.43 Å². The van der Waals surface area contributed by atoms with Crippen molar-refractivity contribution in [3.8, 4) is 28.5 Å². The molecule has 3 rings (SSSR count). The topological polar surface area (TPSA) is 77.9 Å². The van der Waals surface area contributed by atoms with E-state index in [9.17, 15) is 13.9 Å². The van der Waals surface area contributed by atoms with Gasteiger partial charge >= 0.3 is 0 Å². The Morgan fingerprint density at radius 2 is 1.95 bits per heavy atom. The van der Waals surface area contributed by atoms with Gasteiger partial charge < -0.3 is 23.5 Å². The first kappa shape index (κ1) is 14.2. The van der Waals surface area contributed by atoms with Crippen LogP contribution in [-0.4, -0.2) is 24.5 Å². The van der Waals surface area contributed by atoms with Gasteiger partial charge in [0.15, 0.2) is 11.3 Å². The number of alkyl halides is 2. The highest BCUT2D eigenvalue weighted by atomic mass is 19.3. The van der Waals surface area contributed by atoms with Gasteiger partial charge in [-0.3, -0.25) is 0 Å². The largest absolute Gasteiger partial charge is 0.504 e. The minimum absolute atomic E-state index is 0.00560. The Kier molecular flexibility index (Phi) is 3.36. The molecule has 0 aliphatic carbocycles. The highest BCUT2D eigenvalue weighted by Crippen LogP contribution is 2.50. The summed E-state index contributed by atoms with van der Waals surface area (Å²) in [5.74, 6) is -0.674. The van der Waals surface area contributed by atoms with Gasteiger partial charge in [-0.1, -0.05) is 5.16 Å². The molecule has 6 nitrogen and oxygen atoms in total. The van der Waals surface area contributed by atoms with Crippen molar-refractivity contribution < 1.29 is 32.3 Å². The summed E-state index contributed by atoms with van der Waals surface area (Å²) < 4.78 is 45.6. The number of fused-ring (bicyclic) bond motifs is 1. The molecule has 2 heterocycles. The lowest BCUT2D eigenvalue weighted by Gasteiger charge is -2.12. The van der Waals surface area contributed by atoms with Crippen molar-refractivity contribution in [3.63, 3.8) is 0 Å². The third-order valence-electron chi connectivity index (χ3n) is 3.20. The Bertz CT molecular complexity index is 824. The summed E-state index contributed by atoms with van der Waals surface area (Å²) in [5.41, 5.74) is 0.369. The second-order valence-corrected chi connectivity index (χ2v) is 4.37. The lowest BCUT2D eigenvalue weighted by atomic mass is 10.0. The molecule has 0 fully saturated rings. The van der Waals surface area contributed by atoms with E-state index in [1.165, 1.54) is 20.5 Å². The predicted molar refractivity (Wildman–Crippen MR) is 71.4 cm³/mol. The SMILES string of the molecule is COc1c(-c2cc(C(F)F)on2)c(O)c(OC)c2occc12. The monoisotopic (exact) mass is 311 g/mol. The summed E-state index contributed by atoms with van der Waals surface area (Å²) in [7, 11) is 2.73. The van der Waals surface area contributed by atoms with Crippen molar-refractivity contribution in [3.05, 3.63) is 24.2 Å². The molecule has 1 N–H and O–H groups in total. The number of aromatic nitrogens is 1. The van der Waals surface area contributed by atoms with Crippen LogP contribution in [0, 0.1) is 0 Å². The van der Waals surface area contributed by atoms with E-state index in [-0.39, 0.29) is 34.1 Å². The zero-order valence-corrected chi connectivity index (χ0v) is 11.6. The minimum Gasteiger partial charge on any atom is -0.504 e. The standard InChI is InChI=1S/C14H11F2NO5/c1-19-11-6-3-4-21-12(6)13(20-2)10(18)9(11)7-5-8(14(15)16)22-17-7/h3-5,14,18H,1-2H3. The number of aromatic hydroxyl groups is 1. The number of hydrogen-bond donors (Lipinski definition) is 1. The third-order valence-corrected chi connectivity index (χ3v) is 3.20. The number of phenolic OH excluding ortho intramolecular Hbond substituents is 1. The molecule has 2 aromatic heterocycles. The second kappa shape index (κ2) is 5.21. The second-order valence-electron chi connectivity index (χ2n) is 4.37. The van der Waals surface area contributed by atoms with Crippen LogP contribution in [-0.2, 0) is 0 Å². The van der Waals surface area contributed by atoms with Gasteiger partial charge in [-0.05, 0) is 6.07 Å². The fourth-order valence-electron chi connectivity index (χ4n) is 2.28. The first-order valence-electron chi connectivity index (χ1n) is 6.17. The molecule has 0 spiro atoms. The molecule has 116 valence electrons. The van der Waals surface area contributed by atoms with Crippen LogP contribution < -0.4 is 9.47 Å². The number of benzene rings is 1. The van der Waals surface area contributed by atoms with Crippen molar-refractivity contribution >= 4 is 11.0 Å². The maximum absolute atomic E-state index is 12.7. The van der Waals surface area contributed by atoms with Crippen LogP contribution in [0.3, 0.4) is 0 Å². The smallest absolute Gasteiger partial charge is 0.298 e. The molecule has 3 aromatic rings. The first-order chi connectivity index (χ1) is 10.6. The first-order valence-corrected chi connectivity index (χ1v) is 6.17. The zero-order valence-electron chi connectivity index (χ0n) is 11.6. The highest BCUT2D eigenvalue weighted by Gasteiger charge is 2.27. The van der Waals surface area contributed by atoms with Crippen LogP contribution in [0.4, 0.5) is 8.78 Å². The zero-order chi connectivity index (χ0) is 15.9. The molecule has 1 aromatic carbocycles. The van der Waals surface area contributed by atoms with E-state index in [4.69, 9.17) is 13.9 Å². The molecule has 0 atom stereocenters. The average Bonchev–Trinajstić information content (AvgIpc) is 3.14. The summed E-state index contributed by atoms with van der Waals surface area (Å²) >= 11 is 0. The third kappa shape index (κ3) is 1.95. The van der Waals surface area contributed by atoms with Crippen LogP contribution in [0.5, 0.6) is 17.2 Å². The molecule has 0 aliphatic heterocycles. The molecule has 0 amide bonds. The predicted octanol–water partition coefficient (Wildman–Crippen LogP) is 3.75. The van der Waals surface area contributed by atoms with E-state index in [0.29, 0.717) is 5.39 Å². The van der Waals surface area contributed by atoms with E-state index < -0.39 is 12.2 Å². The summed E-state index contributed by atoms with van der Waals surface area (Å²) in [4.78, 5) is 0. The molecule has 0 saturated carbocycles. The normalized spacial score (nSPS) is 11.3. The number of nitrogens with zero attached hydrogens (tertiary/aromatic N) is 1. The Morgan fingerprint density at radius 1 is 1.23 bits per heavy atom. The van der Waals surface area contributed by atoms with Gasteiger partial charge in [0, 0.05) is 6.07 Å². The highest BCUT2D eigenvalue weighted by molar-refractivity contribution is 5.99. The molecular weight excluding hydrogens is 300 g/mol. The maximum Gasteiger partial charge on any atom is 0.298 e. The van der Waals surface area contributed by atoms with Gasteiger partial charge in [-0.2, -0.15) is 0 Å². The lowest BCUT2D eigenvalue weighted by Crippen LogP contribution is -1.93. The molecule has 0 aliphatic rings. The van der Waals surface area contributed by atoms with Crippen LogP contribution in [0.25, 0.3) is 22.2 Å². The van der Waals surface area contributed by atoms with Crippen LogP contribution in [0.1, 0.15) is 12.2 Å². The fourth-order valence-corrected chi connectivity index (χ4v) is 2.28. The number of halogens is 2. The number of rotatable bonds is 4. The van der Waals surface area contributed by atoms with Crippen LogP contribution in [0.15, 0.2) is 27.3 Å². The minimum atomic E-state index is -2.81. The number of phenols is 1. The van der Waals surface area contributed by atoms with Gasteiger partial charge in [0.05, 0.1) is 31.4 Å². The summed E-state index contributed by atoms with van der Waals surface area (Å²) in [6, 6.07) is 2.64. The molecular formula is C14H11F2NO5. The average molecular weight is 311 g/mol. The van der Waals surface area contributed by atoms with Gasteiger partial charge in [0.2, 0.25) is 11.5 Å². The van der Waals surface area contributed by atoms with E-state index >= 15 is 0 Å². The summed E-state index contributed by atoms with van der Waals surface area (Å²) in [5, 5.41) is 14.5. The Balaban J connectivity index is 2.33. The fraction of sp³-hybridized carbons (Fsp3) is 0.214. The van der Waals surface area contributed by atoms with Crippen molar-refractivity contribution in [1.29, 1.82) is 0 Å². The molecule has 8 heteroatoms. The van der Waals surface area contributed by atoms with Crippen molar-refractivity contribution in [2.75, 3.05) is 14.2 Å². The van der Waals surface area contributed by atoms with Crippen molar-refractivity contribution in [2.24, 2.45) is 0 Å². The molecule has 0 bridgehead atoms. The van der Waals surface area contributed by atoms with Crippen LogP contribution >= 0.6 is 0 Å². The summed E-state index contributed by atoms with van der Waals surface area (Å²) in [6.07, 6.45) is -1.42. The van der Waals surface area contributed by atoms with Crippen LogP contribution in [0.2, 0.25) is 0 Å². The van der Waals surface area contributed by atoms with E-state index in [1.807, 2.05) is 0 Å². The lowest BCUT2D eigenvalue weighted by molar-refractivity contribution is 0.112. The van der Waals surface area contributed by atoms with Gasteiger partial charge in [-0.25, -0.2) is 8.78 Å². The van der Waals surface area contributed by atoms with E-state index in [0.717, 1.165) is 6.07 Å². The molecule has 0 radical (unpaired) electrons. The molecule has 22 heavy (non-hydrogen) atoms.